The van der Waals surface area contributed by atoms with Gasteiger partial charge in [0.1, 0.15) is 0 Å². The maximum absolute atomic E-state index is 2.39. The fraction of sp³-hybridized carbons (Fsp3) is 0.0526. The second kappa shape index (κ2) is 17.1. The lowest BCUT2D eigenvalue weighted by atomic mass is 9.70. The van der Waals surface area contributed by atoms with Gasteiger partial charge in [-0.25, -0.2) is 0 Å². The summed E-state index contributed by atoms with van der Waals surface area (Å²) in [7, 11) is 0. The van der Waals surface area contributed by atoms with Gasteiger partial charge in [-0.2, -0.15) is 0 Å². The maximum atomic E-state index is 2.39. The van der Waals surface area contributed by atoms with Crippen LogP contribution in [0, 0.1) is 0 Å². The summed E-state index contributed by atoms with van der Waals surface area (Å²) >= 11 is 0. The third kappa shape index (κ3) is 6.63. The predicted octanol–water partition coefficient (Wildman–Crippen LogP) is 20.0. The maximum Gasteiger partial charge on any atom is 0.0725 e. The lowest BCUT2D eigenvalue weighted by Gasteiger charge is -2.30. The van der Waals surface area contributed by atoms with Gasteiger partial charge in [0.2, 0.25) is 0 Å². The average Bonchev–Trinajstić information content (AvgIpc) is 4.26. The van der Waals surface area contributed by atoms with Crippen molar-refractivity contribution in [1.82, 2.24) is 0 Å². The minimum absolute atomic E-state index is 0.0570. The second-order valence-electron chi connectivity index (χ2n) is 21.5. The lowest BCUT2D eigenvalue weighted by Crippen LogP contribution is -2.25. The Hall–Kier alpha value is -9.36. The van der Waals surface area contributed by atoms with Crippen LogP contribution in [-0.2, 0) is 10.8 Å². The number of hydrogen-bond donors (Lipinski definition) is 0. The first kappa shape index (κ1) is 44.2. The van der Waals surface area contributed by atoms with E-state index in [9.17, 15) is 0 Å². The fourth-order valence-corrected chi connectivity index (χ4v) is 13.6. The largest absolute Gasteiger partial charge is 0.0725 e. The van der Waals surface area contributed by atoms with Crippen LogP contribution in [0.15, 0.2) is 279 Å². The molecule has 12 aromatic rings. The van der Waals surface area contributed by atoms with Gasteiger partial charge >= 0.3 is 0 Å². The van der Waals surface area contributed by atoms with Crippen molar-refractivity contribution in [2.75, 3.05) is 0 Å². The van der Waals surface area contributed by atoms with Gasteiger partial charge in [0.25, 0.3) is 0 Å². The van der Waals surface area contributed by atoms with Gasteiger partial charge in [-0.15, -0.1) is 0 Å². The molecular weight excluding hydrogens is 913 g/mol. The topological polar surface area (TPSA) is 0 Å². The summed E-state index contributed by atoms with van der Waals surface area (Å²) in [4.78, 5) is 0. The summed E-state index contributed by atoms with van der Waals surface area (Å²) in [5, 5.41) is 0. The highest BCUT2D eigenvalue weighted by Gasteiger charge is 2.52. The molecule has 0 amide bonds. The molecule has 0 fully saturated rings. The highest BCUT2D eigenvalue weighted by Crippen LogP contribution is 2.64. The van der Waals surface area contributed by atoms with E-state index in [1.807, 2.05) is 0 Å². The first-order valence-electron chi connectivity index (χ1n) is 26.7. The molecule has 0 unspecified atom stereocenters. The Morgan fingerprint density at radius 1 is 0.184 bits per heavy atom. The molecule has 0 nitrogen and oxygen atoms in total. The van der Waals surface area contributed by atoms with E-state index in [2.05, 4.69) is 293 Å². The highest BCUT2D eigenvalue weighted by molar-refractivity contribution is 6.01. The summed E-state index contributed by atoms with van der Waals surface area (Å²) in [6, 6.07) is 104. The van der Waals surface area contributed by atoms with Crippen molar-refractivity contribution in [2.24, 2.45) is 0 Å². The Morgan fingerprint density at radius 2 is 0.461 bits per heavy atom. The van der Waals surface area contributed by atoms with Crippen LogP contribution in [0.2, 0.25) is 0 Å². The first-order valence-corrected chi connectivity index (χ1v) is 26.7. The second-order valence-corrected chi connectivity index (χ2v) is 21.5. The molecule has 0 atom stereocenters. The van der Waals surface area contributed by atoms with Gasteiger partial charge in [0.15, 0.2) is 0 Å². The molecule has 0 N–H and O–H groups in total. The molecule has 0 bridgehead atoms. The number of fused-ring (bicyclic) bond motifs is 13. The van der Waals surface area contributed by atoms with Crippen molar-refractivity contribution in [1.29, 1.82) is 0 Å². The Balaban J connectivity index is 0.797. The van der Waals surface area contributed by atoms with E-state index in [-0.39, 0.29) is 10.8 Å². The van der Waals surface area contributed by atoms with Gasteiger partial charge in [-0.1, -0.05) is 250 Å². The minimum atomic E-state index is -0.376. The predicted molar refractivity (Wildman–Crippen MR) is 318 cm³/mol. The highest BCUT2D eigenvalue weighted by atomic mass is 14.5. The molecule has 3 aliphatic rings. The van der Waals surface area contributed by atoms with Crippen molar-refractivity contribution < 1.29 is 0 Å². The zero-order chi connectivity index (χ0) is 50.5. The fourth-order valence-electron chi connectivity index (χ4n) is 13.6. The van der Waals surface area contributed by atoms with E-state index in [0.717, 1.165) is 0 Å². The zero-order valence-electron chi connectivity index (χ0n) is 42.6. The van der Waals surface area contributed by atoms with Gasteiger partial charge in [0.05, 0.1) is 5.41 Å². The number of benzene rings is 12. The lowest BCUT2D eigenvalue weighted by molar-refractivity contribution is 0.660. The van der Waals surface area contributed by atoms with E-state index in [4.69, 9.17) is 0 Å². The van der Waals surface area contributed by atoms with E-state index >= 15 is 0 Å². The van der Waals surface area contributed by atoms with E-state index in [0.29, 0.717) is 0 Å². The van der Waals surface area contributed by atoms with E-state index in [1.54, 1.807) is 0 Å². The van der Waals surface area contributed by atoms with Crippen molar-refractivity contribution in [3.63, 3.8) is 0 Å². The standard InChI is InChI=1S/C76H52/c1-75(2)67-36-10-8-32-65(67)73-61(34-18-40-71(73)75)57-29-17-27-55(45-57)60-47-58(49-20-4-3-5-21-49)46-59(48-60)54-26-15-24-52(43-54)50-22-14-23-51(42-50)53-25-16-28-56(44-53)62-35-19-41-72-74(62)66-33-9-13-39-70(66)76(72)68-37-11-6-30-63(68)64-31-7-12-38-69(64)76/h3-48H,1-2H3. The zero-order valence-corrected chi connectivity index (χ0v) is 42.6. The summed E-state index contributed by atoms with van der Waals surface area (Å²) in [5.41, 5.74) is 32.7. The Labute approximate surface area is 446 Å². The number of hydrogen-bond acceptors (Lipinski definition) is 0. The Kier molecular flexibility index (Phi) is 9.94. The van der Waals surface area contributed by atoms with E-state index in [1.165, 1.54) is 145 Å². The Morgan fingerprint density at radius 3 is 0.961 bits per heavy atom. The summed E-state index contributed by atoms with van der Waals surface area (Å²) < 4.78 is 0. The third-order valence-electron chi connectivity index (χ3n) is 17.1. The summed E-state index contributed by atoms with van der Waals surface area (Å²) in [6.45, 7) is 4.72. The molecule has 76 heavy (non-hydrogen) atoms. The van der Waals surface area contributed by atoms with Crippen molar-refractivity contribution >= 4 is 0 Å². The van der Waals surface area contributed by atoms with Crippen LogP contribution in [0.4, 0.5) is 0 Å². The first-order chi connectivity index (χ1) is 37.4. The molecule has 0 aliphatic heterocycles. The van der Waals surface area contributed by atoms with Gasteiger partial charge < -0.3 is 0 Å². The van der Waals surface area contributed by atoms with Crippen molar-refractivity contribution in [3.05, 3.63) is 312 Å². The van der Waals surface area contributed by atoms with Gasteiger partial charge in [-0.3, -0.25) is 0 Å². The molecular formula is C76H52. The van der Waals surface area contributed by atoms with Crippen molar-refractivity contribution in [3.8, 4) is 111 Å². The van der Waals surface area contributed by atoms with Crippen LogP contribution in [0.5, 0.6) is 0 Å². The molecule has 0 saturated carbocycles. The van der Waals surface area contributed by atoms with Gasteiger partial charge in [-0.05, 0) is 187 Å². The molecule has 0 saturated heterocycles. The number of rotatable bonds is 7. The Bertz CT molecular complexity index is 4270. The molecule has 15 rings (SSSR count). The molecule has 356 valence electrons. The van der Waals surface area contributed by atoms with Crippen LogP contribution < -0.4 is 0 Å². The monoisotopic (exact) mass is 964 g/mol. The molecule has 0 radical (unpaired) electrons. The van der Waals surface area contributed by atoms with Crippen LogP contribution in [-0.4, -0.2) is 0 Å². The van der Waals surface area contributed by atoms with Crippen LogP contribution >= 0.6 is 0 Å². The van der Waals surface area contributed by atoms with Gasteiger partial charge in [0, 0.05) is 5.41 Å². The molecule has 12 aromatic carbocycles. The van der Waals surface area contributed by atoms with Crippen LogP contribution in [0.3, 0.4) is 0 Å². The van der Waals surface area contributed by atoms with Crippen molar-refractivity contribution in [2.45, 2.75) is 24.7 Å². The summed E-state index contributed by atoms with van der Waals surface area (Å²) in [5.74, 6) is 0. The van der Waals surface area contributed by atoms with Crippen LogP contribution in [0.1, 0.15) is 47.2 Å². The smallest absolute Gasteiger partial charge is 0.0622 e. The minimum Gasteiger partial charge on any atom is -0.0622 e. The molecule has 1 spiro atoms. The average molecular weight is 965 g/mol. The van der Waals surface area contributed by atoms with Crippen LogP contribution in [0.25, 0.3) is 111 Å². The quantitative estimate of drug-likeness (QED) is 0.149. The molecule has 0 heterocycles. The molecule has 3 aliphatic carbocycles. The third-order valence-corrected chi connectivity index (χ3v) is 17.1. The molecule has 0 aromatic heterocycles. The normalized spacial score (nSPS) is 13.6. The molecule has 0 heteroatoms. The SMILES string of the molecule is CC1(C)c2ccccc2-c2c(-c3cccc(-c4cc(-c5ccccc5)cc(-c5cccc(-c6cccc(-c7cccc(-c8cccc9c8-c8ccccc8C98c9ccccc9-c9ccccc98)c7)c6)c5)c4)c3)cccc21. The van der Waals surface area contributed by atoms with E-state index < -0.39 is 0 Å². The summed E-state index contributed by atoms with van der Waals surface area (Å²) in [6.07, 6.45) is 0.